The van der Waals surface area contributed by atoms with Gasteiger partial charge in [0.25, 0.3) is 5.69 Å². The van der Waals surface area contributed by atoms with Crippen molar-refractivity contribution in [3.8, 4) is 5.75 Å². The van der Waals surface area contributed by atoms with Crippen molar-refractivity contribution in [1.82, 2.24) is 4.31 Å². The minimum atomic E-state index is -3.92. The van der Waals surface area contributed by atoms with Crippen molar-refractivity contribution in [3.63, 3.8) is 0 Å². The number of sulfonamides is 1. The van der Waals surface area contributed by atoms with Gasteiger partial charge in [0.15, 0.2) is 0 Å². The van der Waals surface area contributed by atoms with Gasteiger partial charge in [-0.05, 0) is 23.8 Å². The van der Waals surface area contributed by atoms with E-state index < -0.39 is 14.9 Å². The normalized spacial score (nSPS) is 15.1. The zero-order valence-corrected chi connectivity index (χ0v) is 17.1. The second-order valence-electron chi connectivity index (χ2n) is 6.63. The van der Waals surface area contributed by atoms with Crippen LogP contribution in [0.1, 0.15) is 5.56 Å². The van der Waals surface area contributed by atoms with Gasteiger partial charge >= 0.3 is 0 Å². The summed E-state index contributed by atoms with van der Waals surface area (Å²) in [6, 6.07) is 11.4. The molecule has 0 aliphatic carbocycles. The molecule has 0 radical (unpaired) electrons. The Hall–Kier alpha value is -2.69. The smallest absolute Gasteiger partial charge is 0.270 e. The molecular weight excluding hydrogens is 398 g/mol. The predicted octanol–water partition coefficient (Wildman–Crippen LogP) is 2.26. The third kappa shape index (κ3) is 4.66. The second-order valence-corrected chi connectivity index (χ2v) is 8.54. The molecule has 10 heteroatoms. The van der Waals surface area contributed by atoms with Gasteiger partial charge in [-0.25, -0.2) is 8.42 Å². The molecule has 156 valence electrons. The number of hydrogen-bond acceptors (Lipinski definition) is 7. The quantitative estimate of drug-likeness (QED) is 0.499. The molecule has 0 atom stereocenters. The Labute approximate surface area is 169 Å². The maximum Gasteiger partial charge on any atom is 0.270 e. The molecule has 1 heterocycles. The van der Waals surface area contributed by atoms with E-state index in [9.17, 15) is 18.5 Å². The molecule has 1 fully saturated rings. The van der Waals surface area contributed by atoms with Gasteiger partial charge in [-0.2, -0.15) is 4.31 Å². The number of nitrogens with zero attached hydrogens (tertiary/aromatic N) is 3. The molecule has 0 amide bonds. The highest BCUT2D eigenvalue weighted by Crippen LogP contribution is 2.32. The van der Waals surface area contributed by atoms with Crippen LogP contribution in [0.25, 0.3) is 0 Å². The number of hydrogen-bond donors (Lipinski definition) is 0. The summed E-state index contributed by atoms with van der Waals surface area (Å²) >= 11 is 0. The van der Waals surface area contributed by atoms with Crippen molar-refractivity contribution < 1.29 is 22.8 Å². The molecular formula is C19H23N3O6S. The molecule has 2 aromatic carbocycles. The van der Waals surface area contributed by atoms with Crippen LogP contribution in [0.4, 0.5) is 11.4 Å². The summed E-state index contributed by atoms with van der Waals surface area (Å²) in [5, 5.41) is 11.2. The fourth-order valence-corrected chi connectivity index (χ4v) is 4.86. The van der Waals surface area contributed by atoms with Gasteiger partial charge in [0, 0.05) is 38.8 Å². The van der Waals surface area contributed by atoms with Gasteiger partial charge in [-0.15, -0.1) is 0 Å². The monoisotopic (exact) mass is 421 g/mol. The van der Waals surface area contributed by atoms with E-state index >= 15 is 0 Å². The van der Waals surface area contributed by atoms with Crippen LogP contribution in [0.3, 0.4) is 0 Å². The number of nitro groups is 1. The van der Waals surface area contributed by atoms with Gasteiger partial charge in [0.1, 0.15) is 10.6 Å². The van der Waals surface area contributed by atoms with E-state index in [1.807, 2.05) is 24.3 Å². The van der Waals surface area contributed by atoms with Crippen molar-refractivity contribution in [3.05, 3.63) is 58.1 Å². The third-order valence-electron chi connectivity index (χ3n) is 4.71. The molecule has 3 rings (SSSR count). The van der Waals surface area contributed by atoms with E-state index in [1.54, 1.807) is 19.1 Å². The van der Waals surface area contributed by atoms with Gasteiger partial charge in [0.05, 0.1) is 30.9 Å². The van der Waals surface area contributed by atoms with Gasteiger partial charge in [-0.1, -0.05) is 12.1 Å². The van der Waals surface area contributed by atoms with Crippen molar-refractivity contribution >= 4 is 21.4 Å². The van der Waals surface area contributed by atoms with E-state index in [0.29, 0.717) is 31.2 Å². The van der Waals surface area contributed by atoms with E-state index in [2.05, 4.69) is 0 Å². The first-order chi connectivity index (χ1) is 13.8. The molecule has 1 aliphatic rings. The predicted molar refractivity (Wildman–Crippen MR) is 108 cm³/mol. The van der Waals surface area contributed by atoms with Crippen LogP contribution in [-0.4, -0.2) is 58.1 Å². The van der Waals surface area contributed by atoms with Crippen LogP contribution < -0.4 is 9.64 Å². The van der Waals surface area contributed by atoms with Crippen molar-refractivity contribution in [2.24, 2.45) is 0 Å². The number of rotatable bonds is 7. The largest absolute Gasteiger partial charge is 0.497 e. The highest BCUT2D eigenvalue weighted by molar-refractivity contribution is 7.89. The minimum absolute atomic E-state index is 0.0843. The fourth-order valence-electron chi connectivity index (χ4n) is 3.19. The first-order valence-corrected chi connectivity index (χ1v) is 10.5. The Bertz CT molecular complexity index is 989. The Kier molecular flexibility index (Phi) is 6.36. The third-order valence-corrected chi connectivity index (χ3v) is 6.64. The number of benzene rings is 2. The van der Waals surface area contributed by atoms with Gasteiger partial charge in [0.2, 0.25) is 10.0 Å². The number of morpholine rings is 1. The highest BCUT2D eigenvalue weighted by Gasteiger charge is 2.31. The van der Waals surface area contributed by atoms with E-state index in [4.69, 9.17) is 9.47 Å². The number of ether oxygens (including phenoxy) is 2. The molecule has 2 aromatic rings. The molecule has 0 N–H and O–H groups in total. The Balaban J connectivity index is 2.00. The zero-order chi connectivity index (χ0) is 21.0. The number of methoxy groups -OCH3 is 1. The molecule has 0 saturated carbocycles. The lowest BCUT2D eigenvalue weighted by atomic mass is 10.2. The number of anilines is 1. The van der Waals surface area contributed by atoms with Crippen LogP contribution in [0.2, 0.25) is 0 Å². The molecule has 1 aliphatic heterocycles. The van der Waals surface area contributed by atoms with E-state index in [1.165, 1.54) is 16.4 Å². The maximum atomic E-state index is 13.2. The highest BCUT2D eigenvalue weighted by atomic mass is 32.2. The summed E-state index contributed by atoms with van der Waals surface area (Å²) in [7, 11) is -0.592. The first-order valence-electron chi connectivity index (χ1n) is 9.03. The lowest BCUT2D eigenvalue weighted by Crippen LogP contribution is -2.41. The minimum Gasteiger partial charge on any atom is -0.497 e. The summed E-state index contributed by atoms with van der Waals surface area (Å²) in [6.45, 7) is 1.42. The van der Waals surface area contributed by atoms with Crippen molar-refractivity contribution in [2.75, 3.05) is 45.4 Å². The molecule has 9 nitrogen and oxygen atoms in total. The van der Waals surface area contributed by atoms with Crippen LogP contribution in [-0.2, 0) is 21.3 Å². The molecule has 29 heavy (non-hydrogen) atoms. The number of non-ortho nitro benzene ring substituents is 1. The van der Waals surface area contributed by atoms with Crippen molar-refractivity contribution in [1.29, 1.82) is 0 Å². The topological polar surface area (TPSA) is 102 Å². The van der Waals surface area contributed by atoms with Gasteiger partial charge in [-0.3, -0.25) is 10.1 Å². The SMILES string of the molecule is COc1cccc(CN(C)c2ccc([N+](=O)[O-])cc2S(=O)(=O)N2CCOCC2)c1. The Morgan fingerprint density at radius 3 is 2.59 bits per heavy atom. The standard InChI is InChI=1S/C19H23N3O6S/c1-20(14-15-4-3-5-17(12-15)27-2)18-7-6-16(22(23)24)13-19(18)29(25,26)21-8-10-28-11-9-21/h3-7,12-13H,8-11,14H2,1-2H3. The number of nitro benzene ring substituents is 1. The maximum absolute atomic E-state index is 13.2. The van der Waals surface area contributed by atoms with Crippen LogP contribution >= 0.6 is 0 Å². The lowest BCUT2D eigenvalue weighted by Gasteiger charge is -2.29. The van der Waals surface area contributed by atoms with Crippen LogP contribution in [0, 0.1) is 10.1 Å². The zero-order valence-electron chi connectivity index (χ0n) is 16.3. The fraction of sp³-hybridized carbons (Fsp3) is 0.368. The molecule has 0 aromatic heterocycles. The Morgan fingerprint density at radius 2 is 1.93 bits per heavy atom. The van der Waals surface area contributed by atoms with Crippen LogP contribution in [0.15, 0.2) is 47.4 Å². The van der Waals surface area contributed by atoms with Crippen LogP contribution in [0.5, 0.6) is 5.75 Å². The second kappa shape index (κ2) is 8.76. The Morgan fingerprint density at radius 1 is 1.21 bits per heavy atom. The molecule has 1 saturated heterocycles. The lowest BCUT2D eigenvalue weighted by molar-refractivity contribution is -0.385. The molecule has 0 bridgehead atoms. The summed E-state index contributed by atoms with van der Waals surface area (Å²) in [5.41, 5.74) is 1.04. The summed E-state index contributed by atoms with van der Waals surface area (Å²) in [5.74, 6) is 0.695. The van der Waals surface area contributed by atoms with E-state index in [-0.39, 0.29) is 23.7 Å². The average molecular weight is 421 g/mol. The molecule has 0 spiro atoms. The van der Waals surface area contributed by atoms with E-state index in [0.717, 1.165) is 11.6 Å². The summed E-state index contributed by atoms with van der Waals surface area (Å²) < 4.78 is 38.3. The summed E-state index contributed by atoms with van der Waals surface area (Å²) in [6.07, 6.45) is 0. The van der Waals surface area contributed by atoms with Crippen molar-refractivity contribution in [2.45, 2.75) is 11.4 Å². The summed E-state index contributed by atoms with van der Waals surface area (Å²) in [4.78, 5) is 12.3. The first kappa shape index (κ1) is 21.0. The molecule has 0 unspecified atom stereocenters. The van der Waals surface area contributed by atoms with Gasteiger partial charge < -0.3 is 14.4 Å². The average Bonchev–Trinajstić information content (AvgIpc) is 2.74.